The minimum atomic E-state index is 0.687. The molecule has 1 aromatic heterocycles. The number of anilines is 1. The number of nitrogen functional groups attached to an aromatic ring is 1. The van der Waals surface area contributed by atoms with E-state index in [2.05, 4.69) is 30.1 Å². The molecule has 2 aromatic carbocycles. The standard InChI is InChI=1S/C16H13ClN2S/c1-10-2-6-15-14(8-10)19-16(20-15)7-3-11-9-12(18)4-5-13(11)17/h2-9H,18H2,1H3/b7-3+. The molecule has 0 radical (unpaired) electrons. The van der Waals surface area contributed by atoms with Crippen LogP contribution < -0.4 is 5.73 Å². The number of hydrogen-bond acceptors (Lipinski definition) is 3. The molecule has 0 aliphatic carbocycles. The van der Waals surface area contributed by atoms with E-state index < -0.39 is 0 Å². The topological polar surface area (TPSA) is 38.9 Å². The van der Waals surface area contributed by atoms with Crippen LogP contribution in [0.2, 0.25) is 5.02 Å². The molecule has 3 aromatic rings. The fraction of sp³-hybridized carbons (Fsp3) is 0.0625. The number of aryl methyl sites for hydroxylation is 1. The highest BCUT2D eigenvalue weighted by Gasteiger charge is 2.02. The Hall–Kier alpha value is -1.84. The molecule has 0 amide bonds. The fourth-order valence-electron chi connectivity index (χ4n) is 1.98. The number of benzene rings is 2. The Balaban J connectivity index is 1.96. The zero-order valence-electron chi connectivity index (χ0n) is 10.9. The second-order valence-corrected chi connectivity index (χ2v) is 6.11. The lowest BCUT2D eigenvalue weighted by molar-refractivity contribution is 1.43. The van der Waals surface area contributed by atoms with Crippen LogP contribution in [0.3, 0.4) is 0 Å². The quantitative estimate of drug-likeness (QED) is 0.676. The van der Waals surface area contributed by atoms with Crippen LogP contribution in [0, 0.1) is 6.92 Å². The number of fused-ring (bicyclic) bond motifs is 1. The maximum atomic E-state index is 6.14. The third kappa shape index (κ3) is 2.69. The highest BCUT2D eigenvalue weighted by molar-refractivity contribution is 7.19. The zero-order chi connectivity index (χ0) is 14.1. The van der Waals surface area contributed by atoms with Gasteiger partial charge in [0, 0.05) is 10.7 Å². The summed E-state index contributed by atoms with van der Waals surface area (Å²) in [5.74, 6) is 0. The van der Waals surface area contributed by atoms with E-state index in [4.69, 9.17) is 17.3 Å². The predicted molar refractivity (Wildman–Crippen MR) is 89.1 cm³/mol. The van der Waals surface area contributed by atoms with Crippen LogP contribution in [0.5, 0.6) is 0 Å². The van der Waals surface area contributed by atoms with Crippen LogP contribution in [0.25, 0.3) is 22.4 Å². The van der Waals surface area contributed by atoms with Gasteiger partial charge in [-0.3, -0.25) is 0 Å². The van der Waals surface area contributed by atoms with Crippen molar-refractivity contribution in [3.05, 3.63) is 57.6 Å². The summed E-state index contributed by atoms with van der Waals surface area (Å²) >= 11 is 7.80. The summed E-state index contributed by atoms with van der Waals surface area (Å²) in [5, 5.41) is 1.65. The molecule has 0 saturated carbocycles. The molecule has 0 bridgehead atoms. The van der Waals surface area contributed by atoms with E-state index in [9.17, 15) is 0 Å². The number of rotatable bonds is 2. The van der Waals surface area contributed by atoms with Gasteiger partial charge in [-0.2, -0.15) is 0 Å². The van der Waals surface area contributed by atoms with E-state index in [-0.39, 0.29) is 0 Å². The van der Waals surface area contributed by atoms with Crippen LogP contribution in [-0.2, 0) is 0 Å². The molecule has 3 rings (SSSR count). The smallest absolute Gasteiger partial charge is 0.117 e. The molecule has 0 atom stereocenters. The lowest BCUT2D eigenvalue weighted by atomic mass is 10.2. The van der Waals surface area contributed by atoms with Crippen molar-refractivity contribution < 1.29 is 0 Å². The van der Waals surface area contributed by atoms with Gasteiger partial charge in [0.25, 0.3) is 0 Å². The molecule has 20 heavy (non-hydrogen) atoms. The van der Waals surface area contributed by atoms with Crippen LogP contribution in [-0.4, -0.2) is 4.98 Å². The molecule has 0 aliphatic heterocycles. The highest BCUT2D eigenvalue weighted by atomic mass is 35.5. The minimum Gasteiger partial charge on any atom is -0.399 e. The van der Waals surface area contributed by atoms with Crippen LogP contribution in [0.1, 0.15) is 16.1 Å². The van der Waals surface area contributed by atoms with E-state index in [0.717, 1.165) is 16.1 Å². The van der Waals surface area contributed by atoms with Gasteiger partial charge in [0.2, 0.25) is 0 Å². The van der Waals surface area contributed by atoms with Gasteiger partial charge in [-0.15, -0.1) is 11.3 Å². The lowest BCUT2D eigenvalue weighted by Gasteiger charge is -1.99. The summed E-state index contributed by atoms with van der Waals surface area (Å²) in [5.41, 5.74) is 9.63. The van der Waals surface area contributed by atoms with E-state index in [0.29, 0.717) is 10.7 Å². The molecule has 0 spiro atoms. The van der Waals surface area contributed by atoms with Gasteiger partial charge in [-0.1, -0.05) is 23.7 Å². The van der Waals surface area contributed by atoms with Crippen molar-refractivity contribution in [3.8, 4) is 0 Å². The maximum Gasteiger partial charge on any atom is 0.117 e. The normalized spacial score (nSPS) is 11.5. The van der Waals surface area contributed by atoms with Crippen LogP contribution in [0.4, 0.5) is 5.69 Å². The SMILES string of the molecule is Cc1ccc2sc(/C=C/c3cc(N)ccc3Cl)nc2c1. The predicted octanol–water partition coefficient (Wildman–Crippen LogP) is 5.01. The Labute approximate surface area is 126 Å². The van der Waals surface area contributed by atoms with Gasteiger partial charge in [-0.25, -0.2) is 4.98 Å². The van der Waals surface area contributed by atoms with Crippen molar-refractivity contribution in [1.29, 1.82) is 0 Å². The van der Waals surface area contributed by atoms with Crippen molar-refractivity contribution in [2.24, 2.45) is 0 Å². The largest absolute Gasteiger partial charge is 0.399 e. The lowest BCUT2D eigenvalue weighted by Crippen LogP contribution is -1.85. The maximum absolute atomic E-state index is 6.14. The zero-order valence-corrected chi connectivity index (χ0v) is 12.5. The van der Waals surface area contributed by atoms with Crippen LogP contribution in [0.15, 0.2) is 36.4 Å². The van der Waals surface area contributed by atoms with Crippen molar-refractivity contribution in [2.75, 3.05) is 5.73 Å². The van der Waals surface area contributed by atoms with E-state index in [1.54, 1.807) is 23.5 Å². The number of hydrogen-bond donors (Lipinski definition) is 1. The molecule has 0 aliphatic rings. The van der Waals surface area contributed by atoms with E-state index in [1.807, 2.05) is 18.2 Å². The third-order valence-electron chi connectivity index (χ3n) is 2.99. The van der Waals surface area contributed by atoms with Crippen molar-refractivity contribution in [3.63, 3.8) is 0 Å². The molecule has 2 N–H and O–H groups in total. The van der Waals surface area contributed by atoms with Gasteiger partial charge in [0.05, 0.1) is 10.2 Å². The Kier molecular flexibility index (Phi) is 3.47. The summed E-state index contributed by atoms with van der Waals surface area (Å²) in [7, 11) is 0. The molecular weight excluding hydrogens is 288 g/mol. The Morgan fingerprint density at radius 1 is 1.15 bits per heavy atom. The van der Waals surface area contributed by atoms with Gasteiger partial charge in [0.15, 0.2) is 0 Å². The Morgan fingerprint density at radius 3 is 2.85 bits per heavy atom. The highest BCUT2D eigenvalue weighted by Crippen LogP contribution is 2.26. The van der Waals surface area contributed by atoms with E-state index in [1.165, 1.54) is 10.3 Å². The summed E-state index contributed by atoms with van der Waals surface area (Å²) in [6.07, 6.45) is 3.92. The summed E-state index contributed by atoms with van der Waals surface area (Å²) in [6.45, 7) is 2.07. The van der Waals surface area contributed by atoms with E-state index >= 15 is 0 Å². The molecule has 4 heteroatoms. The first-order valence-corrected chi connectivity index (χ1v) is 7.41. The number of halogens is 1. The number of thiazole rings is 1. The summed E-state index contributed by atoms with van der Waals surface area (Å²) < 4.78 is 1.19. The van der Waals surface area contributed by atoms with Crippen molar-refractivity contribution in [2.45, 2.75) is 6.92 Å². The molecule has 1 heterocycles. The van der Waals surface area contributed by atoms with Gasteiger partial charge in [-0.05, 0) is 54.5 Å². The average molecular weight is 301 g/mol. The number of aromatic nitrogens is 1. The summed E-state index contributed by atoms with van der Waals surface area (Å²) in [6, 6.07) is 11.8. The molecule has 0 saturated heterocycles. The molecule has 100 valence electrons. The fourth-order valence-corrected chi connectivity index (χ4v) is 3.01. The van der Waals surface area contributed by atoms with Crippen molar-refractivity contribution >= 4 is 51.0 Å². The molecule has 2 nitrogen and oxygen atoms in total. The van der Waals surface area contributed by atoms with Gasteiger partial charge >= 0.3 is 0 Å². The summed E-state index contributed by atoms with van der Waals surface area (Å²) in [4.78, 5) is 4.60. The second kappa shape index (κ2) is 5.27. The first kappa shape index (κ1) is 13.2. The monoisotopic (exact) mass is 300 g/mol. The Morgan fingerprint density at radius 2 is 2.00 bits per heavy atom. The number of nitrogens with two attached hydrogens (primary N) is 1. The van der Waals surface area contributed by atoms with Gasteiger partial charge < -0.3 is 5.73 Å². The van der Waals surface area contributed by atoms with Crippen molar-refractivity contribution in [1.82, 2.24) is 4.98 Å². The number of nitrogens with zero attached hydrogens (tertiary/aromatic N) is 1. The molecule has 0 unspecified atom stereocenters. The third-order valence-corrected chi connectivity index (χ3v) is 4.33. The average Bonchev–Trinajstić information content (AvgIpc) is 2.81. The minimum absolute atomic E-state index is 0.687. The first-order valence-electron chi connectivity index (χ1n) is 6.22. The second-order valence-electron chi connectivity index (χ2n) is 4.64. The molecular formula is C16H13ClN2S. The van der Waals surface area contributed by atoms with Crippen LogP contribution >= 0.6 is 22.9 Å². The molecule has 0 fully saturated rings. The van der Waals surface area contributed by atoms with Gasteiger partial charge in [0.1, 0.15) is 5.01 Å². The Bertz CT molecular complexity index is 805. The first-order chi connectivity index (χ1) is 9.61.